The van der Waals surface area contributed by atoms with Crippen molar-refractivity contribution in [1.29, 1.82) is 0 Å². The molecule has 1 aromatic rings. The zero-order chi connectivity index (χ0) is 12.7. The molecule has 0 aliphatic rings. The van der Waals surface area contributed by atoms with Gasteiger partial charge in [-0.25, -0.2) is 0 Å². The van der Waals surface area contributed by atoms with Crippen LogP contribution in [0.15, 0.2) is 24.3 Å². The van der Waals surface area contributed by atoms with Crippen LogP contribution in [0.5, 0.6) is 5.75 Å². The molecule has 0 aliphatic heterocycles. The van der Waals surface area contributed by atoms with Gasteiger partial charge in [0.15, 0.2) is 0 Å². The third-order valence-electron chi connectivity index (χ3n) is 2.42. The Balaban J connectivity index is 2.65. The van der Waals surface area contributed by atoms with Gasteiger partial charge < -0.3 is 15.6 Å². The zero-order valence-electron chi connectivity index (χ0n) is 9.93. The lowest BCUT2D eigenvalue weighted by Crippen LogP contribution is -2.31. The van der Waals surface area contributed by atoms with Gasteiger partial charge >= 0.3 is 0 Å². The minimum Gasteiger partial charge on any atom is -0.477 e. The van der Waals surface area contributed by atoms with Crippen LogP contribution in [0.4, 0.5) is 0 Å². The van der Waals surface area contributed by atoms with Crippen LogP contribution in [-0.4, -0.2) is 42.3 Å². The van der Waals surface area contributed by atoms with E-state index in [4.69, 9.17) is 15.6 Å². The first-order valence-electron chi connectivity index (χ1n) is 5.53. The molecular formula is C12H18N2O3. The molecule has 3 N–H and O–H groups in total. The first kappa shape index (κ1) is 13.5. The third-order valence-corrected chi connectivity index (χ3v) is 2.42. The molecule has 0 aromatic heterocycles. The molecule has 1 aromatic carbocycles. The molecule has 0 heterocycles. The van der Waals surface area contributed by atoms with E-state index in [0.29, 0.717) is 24.6 Å². The number of hydrogen-bond acceptors (Lipinski definition) is 4. The second-order valence-corrected chi connectivity index (χ2v) is 3.57. The number of aliphatic hydroxyl groups is 1. The summed E-state index contributed by atoms with van der Waals surface area (Å²) < 4.78 is 5.52. The molecule has 0 bridgehead atoms. The Morgan fingerprint density at radius 1 is 1.47 bits per heavy atom. The molecule has 0 fully saturated rings. The van der Waals surface area contributed by atoms with Crippen LogP contribution in [0, 0.1) is 0 Å². The number of nitrogens with zero attached hydrogens (tertiary/aromatic N) is 1. The van der Waals surface area contributed by atoms with Gasteiger partial charge in [0.25, 0.3) is 5.91 Å². The Morgan fingerprint density at radius 3 is 2.76 bits per heavy atom. The maximum absolute atomic E-state index is 11.2. The van der Waals surface area contributed by atoms with Crippen molar-refractivity contribution in [3.05, 3.63) is 29.8 Å². The molecule has 0 atom stereocenters. The summed E-state index contributed by atoms with van der Waals surface area (Å²) in [5, 5.41) is 8.84. The van der Waals surface area contributed by atoms with Crippen LogP contribution in [0.1, 0.15) is 17.3 Å². The molecule has 94 valence electrons. The summed E-state index contributed by atoms with van der Waals surface area (Å²) in [5.41, 5.74) is 5.61. The number of ether oxygens (including phenoxy) is 1. The zero-order valence-corrected chi connectivity index (χ0v) is 9.93. The van der Waals surface area contributed by atoms with Gasteiger partial charge in [-0.3, -0.25) is 9.69 Å². The van der Waals surface area contributed by atoms with E-state index in [1.807, 2.05) is 11.8 Å². The Hall–Kier alpha value is -1.59. The summed E-state index contributed by atoms with van der Waals surface area (Å²) in [6.45, 7) is 3.67. The number of aliphatic hydroxyl groups excluding tert-OH is 1. The average Bonchev–Trinajstić information content (AvgIpc) is 2.34. The fourth-order valence-corrected chi connectivity index (χ4v) is 1.41. The number of rotatable bonds is 7. The fraction of sp³-hybridized carbons (Fsp3) is 0.417. The molecule has 0 radical (unpaired) electrons. The van der Waals surface area contributed by atoms with Gasteiger partial charge in [0.1, 0.15) is 12.5 Å². The Kier molecular flexibility index (Phi) is 5.45. The van der Waals surface area contributed by atoms with E-state index in [-0.39, 0.29) is 6.61 Å². The van der Waals surface area contributed by atoms with Crippen molar-refractivity contribution in [3.63, 3.8) is 0 Å². The summed E-state index contributed by atoms with van der Waals surface area (Å²) in [6, 6.07) is 6.84. The highest BCUT2D eigenvalue weighted by Gasteiger charge is 2.09. The highest BCUT2D eigenvalue weighted by molar-refractivity contribution is 5.95. The maximum Gasteiger partial charge on any atom is 0.252 e. The normalized spacial score (nSPS) is 10.5. The lowest BCUT2D eigenvalue weighted by Gasteiger charge is -2.20. The first-order chi connectivity index (χ1) is 8.19. The number of benzene rings is 1. The van der Waals surface area contributed by atoms with Crippen molar-refractivity contribution < 1.29 is 14.6 Å². The highest BCUT2D eigenvalue weighted by Crippen LogP contribution is 2.17. The van der Waals surface area contributed by atoms with Crippen molar-refractivity contribution in [2.75, 3.05) is 26.4 Å². The Labute approximate surface area is 101 Å². The number of carbonyl (C=O) groups is 1. The van der Waals surface area contributed by atoms with Gasteiger partial charge in [0, 0.05) is 6.54 Å². The van der Waals surface area contributed by atoms with Crippen molar-refractivity contribution in [2.24, 2.45) is 5.73 Å². The smallest absolute Gasteiger partial charge is 0.252 e. The van der Waals surface area contributed by atoms with E-state index < -0.39 is 5.91 Å². The summed E-state index contributed by atoms with van der Waals surface area (Å²) in [7, 11) is 0. The first-order valence-corrected chi connectivity index (χ1v) is 5.53. The molecule has 5 heteroatoms. The van der Waals surface area contributed by atoms with Gasteiger partial charge in [-0.1, -0.05) is 19.1 Å². The second kappa shape index (κ2) is 6.88. The maximum atomic E-state index is 11.2. The van der Waals surface area contributed by atoms with Crippen molar-refractivity contribution in [1.82, 2.24) is 4.90 Å². The van der Waals surface area contributed by atoms with Crippen LogP contribution in [0.2, 0.25) is 0 Å². The SMILES string of the molecule is CCN(CCO)COc1ccccc1C(N)=O. The number of para-hydroxylation sites is 1. The van der Waals surface area contributed by atoms with Gasteiger partial charge in [0.05, 0.1) is 12.2 Å². The van der Waals surface area contributed by atoms with Crippen molar-refractivity contribution in [2.45, 2.75) is 6.92 Å². The molecule has 1 amide bonds. The summed E-state index contributed by atoms with van der Waals surface area (Å²) in [4.78, 5) is 13.1. The molecule has 0 saturated carbocycles. The number of carbonyl (C=O) groups excluding carboxylic acids is 1. The summed E-state index contributed by atoms with van der Waals surface area (Å²) >= 11 is 0. The lowest BCUT2D eigenvalue weighted by atomic mass is 10.2. The highest BCUT2D eigenvalue weighted by atomic mass is 16.5. The second-order valence-electron chi connectivity index (χ2n) is 3.57. The predicted molar refractivity (Wildman–Crippen MR) is 64.8 cm³/mol. The van der Waals surface area contributed by atoms with Crippen molar-refractivity contribution >= 4 is 5.91 Å². The van der Waals surface area contributed by atoms with Crippen molar-refractivity contribution in [3.8, 4) is 5.75 Å². The quantitative estimate of drug-likeness (QED) is 0.676. The van der Waals surface area contributed by atoms with Crippen LogP contribution in [0.25, 0.3) is 0 Å². The van der Waals surface area contributed by atoms with Gasteiger partial charge in [0.2, 0.25) is 0 Å². The molecule has 5 nitrogen and oxygen atoms in total. The van der Waals surface area contributed by atoms with Gasteiger partial charge in [-0.2, -0.15) is 0 Å². The number of nitrogens with two attached hydrogens (primary N) is 1. The topological polar surface area (TPSA) is 75.8 Å². The number of hydrogen-bond donors (Lipinski definition) is 2. The molecular weight excluding hydrogens is 220 g/mol. The Morgan fingerprint density at radius 2 is 2.18 bits per heavy atom. The summed E-state index contributed by atoms with van der Waals surface area (Å²) in [6.07, 6.45) is 0. The van der Waals surface area contributed by atoms with Gasteiger partial charge in [-0.15, -0.1) is 0 Å². The third kappa shape index (κ3) is 4.05. The molecule has 0 aliphatic carbocycles. The van der Waals surface area contributed by atoms with Crippen LogP contribution >= 0.6 is 0 Å². The van der Waals surface area contributed by atoms with E-state index in [1.54, 1.807) is 24.3 Å². The number of primary amides is 1. The monoisotopic (exact) mass is 238 g/mol. The summed E-state index contributed by atoms with van der Waals surface area (Å²) in [5.74, 6) is -0.0396. The van der Waals surface area contributed by atoms with E-state index >= 15 is 0 Å². The van der Waals surface area contributed by atoms with Crippen LogP contribution < -0.4 is 10.5 Å². The van der Waals surface area contributed by atoms with E-state index in [0.717, 1.165) is 6.54 Å². The Bertz CT molecular complexity index is 369. The van der Waals surface area contributed by atoms with Crippen LogP contribution in [-0.2, 0) is 0 Å². The minimum absolute atomic E-state index is 0.0780. The molecule has 0 unspecified atom stereocenters. The average molecular weight is 238 g/mol. The molecule has 17 heavy (non-hydrogen) atoms. The minimum atomic E-state index is -0.509. The predicted octanol–water partition coefficient (Wildman–Crippen LogP) is 0.436. The van der Waals surface area contributed by atoms with Crippen LogP contribution in [0.3, 0.4) is 0 Å². The molecule has 0 saturated heterocycles. The van der Waals surface area contributed by atoms with E-state index in [9.17, 15) is 4.79 Å². The van der Waals surface area contributed by atoms with Gasteiger partial charge in [-0.05, 0) is 18.7 Å². The lowest BCUT2D eigenvalue weighted by molar-refractivity contribution is 0.0964. The fourth-order valence-electron chi connectivity index (χ4n) is 1.41. The molecule has 1 rings (SSSR count). The standard InChI is InChI=1S/C12H18N2O3/c1-2-14(7-8-15)9-17-11-6-4-3-5-10(11)12(13)16/h3-6,15H,2,7-9H2,1H3,(H2,13,16). The van der Waals surface area contributed by atoms with E-state index in [2.05, 4.69) is 0 Å². The molecule has 0 spiro atoms. The largest absolute Gasteiger partial charge is 0.477 e. The number of likely N-dealkylation sites (N-methyl/N-ethyl adjacent to an activating group) is 1. The number of amides is 1. The van der Waals surface area contributed by atoms with E-state index in [1.165, 1.54) is 0 Å².